The highest BCUT2D eigenvalue weighted by molar-refractivity contribution is 7.05. The zero-order valence-electron chi connectivity index (χ0n) is 17.6. The number of hydrogen-bond donors (Lipinski definition) is 0. The molecule has 2 nitrogen and oxygen atoms in total. The maximum absolute atomic E-state index is 6.32. The summed E-state index contributed by atoms with van der Waals surface area (Å²) in [4.78, 5) is 0. The fourth-order valence-corrected chi connectivity index (χ4v) is 8.22. The van der Waals surface area contributed by atoms with Gasteiger partial charge in [0.2, 0.25) is 0 Å². The maximum Gasteiger partial charge on any atom is 0.494 e. The summed E-state index contributed by atoms with van der Waals surface area (Å²) < 4.78 is 12.6. The van der Waals surface area contributed by atoms with Crippen LogP contribution in [0, 0.1) is 0 Å². The Morgan fingerprint density at radius 2 is 1.43 bits per heavy atom. The Hall–Kier alpha value is -1.88. The minimum atomic E-state index is -1.81. The molecule has 28 heavy (non-hydrogen) atoms. The van der Waals surface area contributed by atoms with Gasteiger partial charge in [-0.25, -0.2) is 0 Å². The van der Waals surface area contributed by atoms with Crippen molar-refractivity contribution in [3.63, 3.8) is 0 Å². The quantitative estimate of drug-likeness (QED) is 0.590. The lowest BCUT2D eigenvalue weighted by atomic mass is 9.78. The molecule has 2 heterocycles. The van der Waals surface area contributed by atoms with Gasteiger partial charge in [-0.15, -0.1) is 0 Å². The van der Waals surface area contributed by atoms with Crippen LogP contribution in [0.3, 0.4) is 0 Å². The summed E-state index contributed by atoms with van der Waals surface area (Å²) in [7, 11) is -2.12. The van der Waals surface area contributed by atoms with Crippen molar-refractivity contribution in [1.82, 2.24) is 0 Å². The van der Waals surface area contributed by atoms with Crippen molar-refractivity contribution in [2.24, 2.45) is 0 Å². The van der Waals surface area contributed by atoms with Gasteiger partial charge in [0.25, 0.3) is 0 Å². The molecule has 2 aliphatic rings. The summed E-state index contributed by atoms with van der Waals surface area (Å²) in [5.41, 5.74) is 3.30. The first kappa shape index (κ1) is 18.2. The number of benzene rings is 3. The van der Waals surface area contributed by atoms with E-state index in [9.17, 15) is 0 Å². The van der Waals surface area contributed by atoms with Crippen LogP contribution >= 0.6 is 0 Å². The summed E-state index contributed by atoms with van der Waals surface area (Å²) >= 11 is 0. The largest absolute Gasteiger partial charge is 0.494 e. The number of hydrogen-bond acceptors (Lipinski definition) is 2. The smallest absolute Gasteiger partial charge is 0.399 e. The summed E-state index contributed by atoms with van der Waals surface area (Å²) in [6, 6.07) is 20.2. The Morgan fingerprint density at radius 1 is 0.786 bits per heavy atom. The molecule has 0 amide bonds. The van der Waals surface area contributed by atoms with Crippen molar-refractivity contribution in [3.05, 3.63) is 54.6 Å². The first-order chi connectivity index (χ1) is 13.1. The lowest BCUT2D eigenvalue weighted by molar-refractivity contribution is 0.00578. The molecule has 0 spiro atoms. The summed E-state index contributed by atoms with van der Waals surface area (Å²) in [5.74, 6) is 0. The molecule has 4 heteroatoms. The molecule has 142 valence electrons. The van der Waals surface area contributed by atoms with Crippen molar-refractivity contribution < 1.29 is 9.31 Å². The highest BCUT2D eigenvalue weighted by Gasteiger charge is 2.52. The first-order valence-electron chi connectivity index (χ1n) is 10.1. The maximum atomic E-state index is 6.32. The molecule has 3 aromatic rings. The average molecular weight is 386 g/mol. The normalized spacial score (nSPS) is 21.0. The van der Waals surface area contributed by atoms with Gasteiger partial charge < -0.3 is 9.31 Å². The van der Waals surface area contributed by atoms with Gasteiger partial charge in [0.05, 0.1) is 11.2 Å². The lowest BCUT2D eigenvalue weighted by Gasteiger charge is -2.32. The molecule has 0 aliphatic carbocycles. The average Bonchev–Trinajstić information content (AvgIpc) is 3.01. The second-order valence-electron chi connectivity index (χ2n) is 9.73. The van der Waals surface area contributed by atoms with Crippen LogP contribution in [0.4, 0.5) is 0 Å². The topological polar surface area (TPSA) is 18.5 Å². The van der Waals surface area contributed by atoms with E-state index in [0.717, 1.165) is 5.46 Å². The molecule has 0 saturated carbocycles. The van der Waals surface area contributed by atoms with Gasteiger partial charge in [-0.2, -0.15) is 0 Å². The third kappa shape index (κ3) is 2.35. The predicted octanol–water partition coefficient (Wildman–Crippen LogP) is 3.94. The van der Waals surface area contributed by atoms with E-state index in [4.69, 9.17) is 9.31 Å². The van der Waals surface area contributed by atoms with Crippen LogP contribution in [0.5, 0.6) is 0 Å². The SMILES string of the molecule is CC1(C)OB(c2ccc3c(c2)[Si](C)(C)c2c-3ccc3ccccc23)OC1(C)C. The molecule has 5 rings (SSSR count). The second kappa shape index (κ2) is 5.59. The van der Waals surface area contributed by atoms with Crippen LogP contribution in [0.15, 0.2) is 54.6 Å². The van der Waals surface area contributed by atoms with Crippen LogP contribution in [0.2, 0.25) is 13.1 Å². The highest BCUT2D eigenvalue weighted by Crippen LogP contribution is 2.37. The van der Waals surface area contributed by atoms with Crippen LogP contribution in [-0.2, 0) is 9.31 Å². The number of rotatable bonds is 1. The van der Waals surface area contributed by atoms with Crippen LogP contribution in [0.25, 0.3) is 21.9 Å². The molecular weight excluding hydrogens is 359 g/mol. The standard InChI is InChI=1S/C24H27BO2Si/c1-23(2)24(3,4)27-25(26-23)17-12-14-19-20-13-11-16-9-7-8-10-18(16)22(20)28(5,6)21(19)15-17/h7-15H,1-6H3. The Morgan fingerprint density at radius 3 is 2.14 bits per heavy atom. The molecule has 2 aliphatic heterocycles. The molecule has 0 aromatic heterocycles. The van der Waals surface area contributed by atoms with Gasteiger partial charge in [0.15, 0.2) is 0 Å². The van der Waals surface area contributed by atoms with E-state index < -0.39 is 8.07 Å². The van der Waals surface area contributed by atoms with Crippen molar-refractivity contribution in [1.29, 1.82) is 0 Å². The van der Waals surface area contributed by atoms with Gasteiger partial charge in [-0.05, 0) is 65.4 Å². The minimum absolute atomic E-state index is 0.305. The lowest BCUT2D eigenvalue weighted by Crippen LogP contribution is -2.51. The predicted molar refractivity (Wildman–Crippen MR) is 122 cm³/mol. The van der Waals surface area contributed by atoms with E-state index in [1.807, 2.05) is 0 Å². The fraction of sp³-hybridized carbons (Fsp3) is 0.333. The van der Waals surface area contributed by atoms with Gasteiger partial charge in [-0.3, -0.25) is 0 Å². The highest BCUT2D eigenvalue weighted by atomic mass is 28.3. The zero-order chi connectivity index (χ0) is 19.9. The monoisotopic (exact) mass is 386 g/mol. The summed E-state index contributed by atoms with van der Waals surface area (Å²) in [6.07, 6.45) is 0. The molecule has 3 aromatic carbocycles. The van der Waals surface area contributed by atoms with Crippen LogP contribution in [0.1, 0.15) is 27.7 Å². The molecule has 0 N–H and O–H groups in total. The van der Waals surface area contributed by atoms with E-state index in [2.05, 4.69) is 95.4 Å². The van der Waals surface area contributed by atoms with Crippen LogP contribution < -0.4 is 15.8 Å². The molecule has 0 radical (unpaired) electrons. The van der Waals surface area contributed by atoms with Gasteiger partial charge in [-0.1, -0.05) is 67.7 Å². The molecular formula is C24H27BO2Si. The van der Waals surface area contributed by atoms with E-state index >= 15 is 0 Å². The van der Waals surface area contributed by atoms with E-state index in [0.29, 0.717) is 0 Å². The number of fused-ring (bicyclic) bond motifs is 5. The van der Waals surface area contributed by atoms with E-state index in [-0.39, 0.29) is 18.3 Å². The first-order valence-corrected chi connectivity index (χ1v) is 13.1. The Balaban J connectivity index is 1.65. The molecule has 0 bridgehead atoms. The Bertz CT molecular complexity index is 1100. The molecule has 0 unspecified atom stereocenters. The van der Waals surface area contributed by atoms with Crippen molar-refractivity contribution in [2.75, 3.05) is 0 Å². The van der Waals surface area contributed by atoms with Crippen molar-refractivity contribution >= 4 is 41.8 Å². The molecule has 1 fully saturated rings. The Kier molecular flexibility index (Phi) is 3.63. The van der Waals surface area contributed by atoms with E-state index in [1.54, 1.807) is 5.19 Å². The van der Waals surface area contributed by atoms with Crippen molar-refractivity contribution in [2.45, 2.75) is 52.0 Å². The molecule has 1 saturated heterocycles. The third-order valence-corrected chi connectivity index (χ3v) is 10.6. The Labute approximate surface area is 169 Å². The second-order valence-corrected chi connectivity index (χ2v) is 14.0. The van der Waals surface area contributed by atoms with Gasteiger partial charge >= 0.3 is 7.12 Å². The minimum Gasteiger partial charge on any atom is -0.399 e. The summed E-state index contributed by atoms with van der Waals surface area (Å²) in [5, 5.41) is 5.79. The van der Waals surface area contributed by atoms with Crippen molar-refractivity contribution in [3.8, 4) is 11.1 Å². The molecule has 0 atom stereocenters. The zero-order valence-corrected chi connectivity index (χ0v) is 18.6. The van der Waals surface area contributed by atoms with E-state index in [1.165, 1.54) is 27.1 Å². The third-order valence-electron chi connectivity index (χ3n) is 7.09. The van der Waals surface area contributed by atoms with Gasteiger partial charge in [0.1, 0.15) is 8.07 Å². The summed E-state index contributed by atoms with van der Waals surface area (Å²) in [6.45, 7) is 13.4. The van der Waals surface area contributed by atoms with Crippen LogP contribution in [-0.4, -0.2) is 26.4 Å². The van der Waals surface area contributed by atoms with Gasteiger partial charge in [0, 0.05) is 0 Å². The fourth-order valence-electron chi connectivity index (χ4n) is 4.74.